The van der Waals surface area contributed by atoms with Crippen molar-refractivity contribution in [2.24, 2.45) is 5.41 Å². The second-order valence-electron chi connectivity index (χ2n) is 10.6. The van der Waals surface area contributed by atoms with Crippen LogP contribution in [0.3, 0.4) is 0 Å². The number of H-pyrrole nitrogens is 1. The standard InChI is InChI=1S/C22H30N8O5/c1-20(2,3)30-13(31)5-4-12(17(33)34)27-18(35)21-8-22(9-21,10-21)25-7-11-6-24-15-14(26-11)16(32)29-19(23)28-15/h6,12,25H,4-5,7-10H2,1-3H3,(H,27,35)(H,30,31)(H,33,34)(H3,23,24,28,29,32)/t12-,21?,22?/m0/s1. The van der Waals surface area contributed by atoms with Crippen molar-refractivity contribution in [3.8, 4) is 0 Å². The van der Waals surface area contributed by atoms with Gasteiger partial charge in [-0.25, -0.2) is 14.8 Å². The molecular weight excluding hydrogens is 456 g/mol. The summed E-state index contributed by atoms with van der Waals surface area (Å²) in [6.07, 6.45) is 3.25. The lowest BCUT2D eigenvalue weighted by atomic mass is 9.39. The van der Waals surface area contributed by atoms with Gasteiger partial charge in [-0.15, -0.1) is 0 Å². The maximum atomic E-state index is 12.8. The summed E-state index contributed by atoms with van der Waals surface area (Å²) in [5, 5.41) is 18.3. The molecule has 2 aromatic heterocycles. The Morgan fingerprint density at radius 3 is 2.54 bits per heavy atom. The van der Waals surface area contributed by atoms with Gasteiger partial charge in [-0.3, -0.25) is 19.4 Å². The van der Waals surface area contributed by atoms with Crippen LogP contribution < -0.4 is 27.2 Å². The molecular formula is C22H30N8O5. The van der Waals surface area contributed by atoms with Gasteiger partial charge in [0.05, 0.1) is 17.3 Å². The molecule has 2 heterocycles. The van der Waals surface area contributed by atoms with Crippen LogP contribution in [-0.4, -0.2) is 59.9 Å². The normalized spacial score (nSPS) is 23.6. The number of anilines is 1. The smallest absolute Gasteiger partial charge is 0.326 e. The second-order valence-corrected chi connectivity index (χ2v) is 10.6. The van der Waals surface area contributed by atoms with Gasteiger partial charge in [0, 0.05) is 24.0 Å². The van der Waals surface area contributed by atoms with E-state index >= 15 is 0 Å². The Bertz CT molecular complexity index is 1230. The van der Waals surface area contributed by atoms with Gasteiger partial charge in [0.1, 0.15) is 6.04 Å². The Morgan fingerprint density at radius 1 is 1.23 bits per heavy atom. The number of nitrogen functional groups attached to an aromatic ring is 1. The van der Waals surface area contributed by atoms with Crippen molar-refractivity contribution in [3.63, 3.8) is 0 Å². The number of rotatable bonds is 9. The quantitative estimate of drug-likeness (QED) is 0.270. The minimum absolute atomic E-state index is 0.00471. The number of nitrogens with two attached hydrogens (primary N) is 1. The molecule has 0 aromatic carbocycles. The number of hydrogen-bond acceptors (Lipinski definition) is 9. The summed E-state index contributed by atoms with van der Waals surface area (Å²) in [4.78, 5) is 63.3. The fourth-order valence-corrected chi connectivity index (χ4v) is 4.88. The molecule has 3 fully saturated rings. The van der Waals surface area contributed by atoms with E-state index in [-0.39, 0.29) is 47.3 Å². The summed E-state index contributed by atoms with van der Waals surface area (Å²) in [5.41, 5.74) is 4.63. The molecule has 0 saturated heterocycles. The Morgan fingerprint density at radius 2 is 1.91 bits per heavy atom. The summed E-state index contributed by atoms with van der Waals surface area (Å²) in [6, 6.07) is -1.13. The summed E-state index contributed by atoms with van der Waals surface area (Å²) in [5.74, 6) is -1.75. The molecule has 2 amide bonds. The molecule has 0 radical (unpaired) electrons. The van der Waals surface area contributed by atoms with E-state index in [4.69, 9.17) is 5.73 Å². The number of carbonyl (C=O) groups is 3. The second kappa shape index (κ2) is 8.56. The fraction of sp³-hybridized carbons (Fsp3) is 0.591. The molecule has 1 atom stereocenters. The van der Waals surface area contributed by atoms with Gasteiger partial charge in [-0.05, 0) is 46.5 Å². The summed E-state index contributed by atoms with van der Waals surface area (Å²) in [7, 11) is 0. The van der Waals surface area contributed by atoms with Crippen LogP contribution >= 0.6 is 0 Å². The van der Waals surface area contributed by atoms with Crippen molar-refractivity contribution >= 4 is 34.9 Å². The third kappa shape index (κ3) is 5.09. The molecule has 0 aliphatic heterocycles. The Kier molecular flexibility index (Phi) is 5.99. The average Bonchev–Trinajstić information content (AvgIpc) is 2.67. The molecule has 7 N–H and O–H groups in total. The minimum Gasteiger partial charge on any atom is -0.480 e. The van der Waals surface area contributed by atoms with Crippen molar-refractivity contribution in [2.45, 2.75) is 76.5 Å². The summed E-state index contributed by atoms with van der Waals surface area (Å²) >= 11 is 0. The van der Waals surface area contributed by atoms with E-state index in [2.05, 4.69) is 35.9 Å². The highest BCUT2D eigenvalue weighted by molar-refractivity contribution is 5.91. The van der Waals surface area contributed by atoms with Crippen molar-refractivity contribution in [2.75, 3.05) is 5.73 Å². The highest BCUT2D eigenvalue weighted by atomic mass is 16.4. The molecule has 3 aliphatic carbocycles. The van der Waals surface area contributed by atoms with Gasteiger partial charge in [-0.1, -0.05) is 0 Å². The zero-order valence-corrected chi connectivity index (χ0v) is 19.9. The van der Waals surface area contributed by atoms with Crippen LogP contribution in [0, 0.1) is 5.41 Å². The number of carbonyl (C=O) groups excluding carboxylic acids is 2. The molecule has 2 bridgehead atoms. The molecule has 0 unspecified atom stereocenters. The number of hydrogen-bond donors (Lipinski definition) is 6. The number of aromatic amines is 1. The van der Waals surface area contributed by atoms with E-state index in [1.54, 1.807) is 0 Å². The number of nitrogens with zero attached hydrogens (tertiary/aromatic N) is 3. The molecule has 2 aromatic rings. The van der Waals surface area contributed by atoms with Gasteiger partial charge < -0.3 is 26.8 Å². The van der Waals surface area contributed by atoms with Crippen LogP contribution in [0.15, 0.2) is 11.0 Å². The highest BCUT2D eigenvalue weighted by Crippen LogP contribution is 2.67. The molecule has 13 nitrogen and oxygen atoms in total. The zero-order chi connectivity index (χ0) is 25.6. The number of fused-ring (bicyclic) bond motifs is 1. The molecule has 3 saturated carbocycles. The maximum Gasteiger partial charge on any atom is 0.326 e. The van der Waals surface area contributed by atoms with E-state index in [0.29, 0.717) is 31.5 Å². The highest BCUT2D eigenvalue weighted by Gasteiger charge is 2.71. The minimum atomic E-state index is -1.16. The van der Waals surface area contributed by atoms with E-state index < -0.39 is 28.5 Å². The van der Waals surface area contributed by atoms with Crippen LogP contribution in [0.2, 0.25) is 0 Å². The van der Waals surface area contributed by atoms with E-state index in [1.165, 1.54) is 6.20 Å². The van der Waals surface area contributed by atoms with Gasteiger partial charge in [0.25, 0.3) is 5.56 Å². The SMILES string of the molecule is CC(C)(C)NC(=O)CC[C@H](NC(=O)C12CC(NCc3cnc4nc(N)[nH]c(=O)c4n3)(C1)C2)C(=O)O. The van der Waals surface area contributed by atoms with Crippen molar-refractivity contribution in [1.82, 2.24) is 35.9 Å². The average molecular weight is 487 g/mol. The lowest BCUT2D eigenvalue weighted by Crippen LogP contribution is -2.77. The Balaban J connectivity index is 1.28. The van der Waals surface area contributed by atoms with Gasteiger partial charge in [0.15, 0.2) is 11.2 Å². The van der Waals surface area contributed by atoms with Gasteiger partial charge in [0.2, 0.25) is 17.8 Å². The maximum absolute atomic E-state index is 12.8. The first-order valence-electron chi connectivity index (χ1n) is 11.4. The fourth-order valence-electron chi connectivity index (χ4n) is 4.88. The largest absolute Gasteiger partial charge is 0.480 e. The number of nitrogens with one attached hydrogen (secondary N) is 4. The third-order valence-corrected chi connectivity index (χ3v) is 6.42. The number of aromatic nitrogens is 4. The van der Waals surface area contributed by atoms with Gasteiger partial charge >= 0.3 is 5.97 Å². The summed E-state index contributed by atoms with van der Waals surface area (Å²) in [6.45, 7) is 5.88. The predicted octanol–water partition coefficient (Wildman–Crippen LogP) is -0.428. The van der Waals surface area contributed by atoms with Crippen LogP contribution in [-0.2, 0) is 20.9 Å². The van der Waals surface area contributed by atoms with E-state index in [0.717, 1.165) is 0 Å². The molecule has 5 rings (SSSR count). The van der Waals surface area contributed by atoms with Crippen LogP contribution in [0.5, 0.6) is 0 Å². The van der Waals surface area contributed by atoms with Crippen molar-refractivity contribution in [1.29, 1.82) is 0 Å². The lowest BCUT2D eigenvalue weighted by molar-refractivity contribution is -0.183. The number of carboxylic acids is 1. The summed E-state index contributed by atoms with van der Waals surface area (Å²) < 4.78 is 0. The van der Waals surface area contributed by atoms with E-state index in [1.807, 2.05) is 20.8 Å². The van der Waals surface area contributed by atoms with Crippen LogP contribution in [0.25, 0.3) is 11.2 Å². The first-order chi connectivity index (χ1) is 16.3. The molecule has 0 spiro atoms. The van der Waals surface area contributed by atoms with Gasteiger partial charge in [-0.2, -0.15) is 4.98 Å². The molecule has 13 heteroatoms. The molecule has 3 aliphatic rings. The Labute approximate surface area is 200 Å². The predicted molar refractivity (Wildman–Crippen MR) is 125 cm³/mol. The van der Waals surface area contributed by atoms with E-state index in [9.17, 15) is 24.3 Å². The molecule has 188 valence electrons. The zero-order valence-electron chi connectivity index (χ0n) is 19.9. The van der Waals surface area contributed by atoms with Crippen LogP contribution in [0.1, 0.15) is 58.6 Å². The van der Waals surface area contributed by atoms with Crippen molar-refractivity contribution < 1.29 is 19.5 Å². The number of carboxylic acid groups (broad SMARTS) is 1. The third-order valence-electron chi connectivity index (χ3n) is 6.42. The number of amides is 2. The lowest BCUT2D eigenvalue weighted by Gasteiger charge is -2.69. The Hall–Kier alpha value is -3.61. The topological polar surface area (TPSA) is 205 Å². The van der Waals surface area contributed by atoms with Crippen molar-refractivity contribution in [3.05, 3.63) is 22.2 Å². The first kappa shape index (κ1) is 24.5. The molecule has 35 heavy (non-hydrogen) atoms. The first-order valence-corrected chi connectivity index (χ1v) is 11.4. The monoisotopic (exact) mass is 486 g/mol. The number of aliphatic carboxylic acids is 1. The van der Waals surface area contributed by atoms with Crippen LogP contribution in [0.4, 0.5) is 5.95 Å².